The van der Waals surface area contributed by atoms with Crippen LogP contribution in [0.4, 0.5) is 0 Å². The van der Waals surface area contributed by atoms with Crippen molar-refractivity contribution < 1.29 is 14.3 Å². The lowest BCUT2D eigenvalue weighted by atomic mass is 10.1. The van der Waals surface area contributed by atoms with Crippen LogP contribution in [0.1, 0.15) is 21.6 Å². The van der Waals surface area contributed by atoms with Gasteiger partial charge in [0.05, 0.1) is 4.88 Å². The van der Waals surface area contributed by atoms with Gasteiger partial charge in [0.15, 0.2) is 5.69 Å². The molecule has 0 aliphatic heterocycles. The summed E-state index contributed by atoms with van der Waals surface area (Å²) in [5.74, 6) is 0.371. The second-order valence-corrected chi connectivity index (χ2v) is 7.13. The minimum absolute atomic E-state index is 0.192. The molecule has 0 N–H and O–H groups in total. The molecule has 0 unspecified atom stereocenters. The first-order chi connectivity index (χ1) is 11.6. The molecule has 0 fully saturated rings. The number of carbonyl (C=O) groups is 1. The molecular formula is C18H17NO3S2. The lowest BCUT2D eigenvalue weighted by Crippen LogP contribution is -2.12. The Labute approximate surface area is 148 Å². The van der Waals surface area contributed by atoms with E-state index < -0.39 is 5.97 Å². The molecule has 0 bridgehead atoms. The predicted molar refractivity (Wildman–Crippen MR) is 97.1 cm³/mol. The molecule has 2 heterocycles. The Morgan fingerprint density at radius 3 is 2.62 bits per heavy atom. The molecule has 4 nitrogen and oxygen atoms in total. The Hall–Kier alpha value is -2.18. The van der Waals surface area contributed by atoms with Gasteiger partial charge in [-0.1, -0.05) is 12.1 Å². The largest absolute Gasteiger partial charge is 0.490 e. The maximum Gasteiger partial charge on any atom is 0.357 e. The van der Waals surface area contributed by atoms with Crippen LogP contribution in [-0.4, -0.2) is 24.2 Å². The summed E-state index contributed by atoms with van der Waals surface area (Å²) in [4.78, 5) is 17.4. The predicted octanol–water partition coefficient (Wildman–Crippen LogP) is 4.72. The molecule has 6 heteroatoms. The van der Waals surface area contributed by atoms with Crippen LogP contribution < -0.4 is 4.74 Å². The molecule has 3 rings (SSSR count). The summed E-state index contributed by atoms with van der Waals surface area (Å²) >= 11 is 3.04. The standard InChI is InChI=1S/C18H17NO3S2/c1-12-8-13(2)10-14(9-12)21-5-6-22-18(20)15-11-24-17(19-15)16-4-3-7-23-16/h3-4,7-11H,5-6H2,1-2H3. The first-order valence-electron chi connectivity index (χ1n) is 7.49. The summed E-state index contributed by atoms with van der Waals surface area (Å²) in [6, 6.07) is 9.95. The Morgan fingerprint density at radius 1 is 1.12 bits per heavy atom. The highest BCUT2D eigenvalue weighted by molar-refractivity contribution is 7.20. The normalized spacial score (nSPS) is 10.6. The number of aromatic nitrogens is 1. The van der Waals surface area contributed by atoms with Crippen LogP contribution in [-0.2, 0) is 4.74 Å². The number of carbonyl (C=O) groups excluding carboxylic acids is 1. The lowest BCUT2D eigenvalue weighted by molar-refractivity contribution is 0.0444. The van der Waals surface area contributed by atoms with Crippen LogP contribution >= 0.6 is 22.7 Å². The van der Waals surface area contributed by atoms with Crippen LogP contribution in [0.5, 0.6) is 5.75 Å². The maximum atomic E-state index is 12.0. The highest BCUT2D eigenvalue weighted by Gasteiger charge is 2.13. The topological polar surface area (TPSA) is 48.4 Å². The lowest BCUT2D eigenvalue weighted by Gasteiger charge is -2.08. The molecule has 0 saturated heterocycles. The van der Waals surface area contributed by atoms with Crippen LogP contribution in [0.15, 0.2) is 41.1 Å². The minimum Gasteiger partial charge on any atom is -0.490 e. The average molecular weight is 359 g/mol. The monoisotopic (exact) mass is 359 g/mol. The van der Waals surface area contributed by atoms with Crippen molar-refractivity contribution in [2.45, 2.75) is 13.8 Å². The van der Waals surface area contributed by atoms with Gasteiger partial charge in [-0.15, -0.1) is 22.7 Å². The number of thiazole rings is 1. The molecule has 1 aromatic carbocycles. The molecule has 24 heavy (non-hydrogen) atoms. The quantitative estimate of drug-likeness (QED) is 0.472. The number of nitrogens with zero attached hydrogens (tertiary/aromatic N) is 1. The van der Waals surface area contributed by atoms with Crippen molar-refractivity contribution in [2.75, 3.05) is 13.2 Å². The van der Waals surface area contributed by atoms with Gasteiger partial charge >= 0.3 is 5.97 Å². The molecule has 3 aromatic rings. The first kappa shape index (κ1) is 16.7. The van der Waals surface area contributed by atoms with Gasteiger partial charge in [0.1, 0.15) is 24.0 Å². The van der Waals surface area contributed by atoms with E-state index in [1.165, 1.54) is 11.3 Å². The van der Waals surface area contributed by atoms with Crippen LogP contribution in [0.25, 0.3) is 9.88 Å². The number of aryl methyl sites for hydroxylation is 2. The van der Waals surface area contributed by atoms with E-state index in [9.17, 15) is 4.79 Å². The smallest absolute Gasteiger partial charge is 0.357 e. The molecule has 2 aromatic heterocycles. The maximum absolute atomic E-state index is 12.0. The van der Waals surface area contributed by atoms with Gasteiger partial charge in [0, 0.05) is 5.38 Å². The molecule has 0 amide bonds. The van der Waals surface area contributed by atoms with Gasteiger partial charge in [0.25, 0.3) is 0 Å². The zero-order valence-corrected chi connectivity index (χ0v) is 15.1. The first-order valence-corrected chi connectivity index (χ1v) is 9.25. The molecular weight excluding hydrogens is 342 g/mol. The number of benzene rings is 1. The van der Waals surface area contributed by atoms with E-state index in [4.69, 9.17) is 9.47 Å². The Balaban J connectivity index is 1.49. The number of rotatable bonds is 6. The van der Waals surface area contributed by atoms with Gasteiger partial charge in [0.2, 0.25) is 0 Å². The molecule has 0 atom stereocenters. The number of ether oxygens (including phenoxy) is 2. The van der Waals surface area contributed by atoms with Crippen LogP contribution in [0, 0.1) is 13.8 Å². The van der Waals surface area contributed by atoms with E-state index in [1.54, 1.807) is 16.7 Å². The minimum atomic E-state index is -0.418. The van der Waals surface area contributed by atoms with E-state index in [0.717, 1.165) is 26.8 Å². The zero-order valence-electron chi connectivity index (χ0n) is 13.4. The summed E-state index contributed by atoms with van der Waals surface area (Å²) in [5.41, 5.74) is 2.63. The molecule has 124 valence electrons. The zero-order chi connectivity index (χ0) is 16.9. The van der Waals surface area contributed by atoms with E-state index in [1.807, 2.05) is 43.5 Å². The fourth-order valence-corrected chi connectivity index (χ4v) is 3.87. The van der Waals surface area contributed by atoms with E-state index >= 15 is 0 Å². The highest BCUT2D eigenvalue weighted by Crippen LogP contribution is 2.27. The van der Waals surface area contributed by atoms with Crippen molar-refractivity contribution in [3.8, 4) is 15.6 Å². The summed E-state index contributed by atoms with van der Waals surface area (Å²) in [6.07, 6.45) is 0. The van der Waals surface area contributed by atoms with Crippen molar-refractivity contribution in [2.24, 2.45) is 0 Å². The SMILES string of the molecule is Cc1cc(C)cc(OCCOC(=O)c2csc(-c3cccs3)n2)c1. The number of esters is 1. The highest BCUT2D eigenvalue weighted by atomic mass is 32.1. The van der Waals surface area contributed by atoms with Gasteiger partial charge in [-0.2, -0.15) is 0 Å². The molecule has 0 spiro atoms. The summed E-state index contributed by atoms with van der Waals surface area (Å²) < 4.78 is 10.8. The number of hydrogen-bond donors (Lipinski definition) is 0. The second-order valence-electron chi connectivity index (χ2n) is 5.32. The third-order valence-electron chi connectivity index (χ3n) is 3.23. The van der Waals surface area contributed by atoms with Crippen molar-refractivity contribution in [1.82, 2.24) is 4.98 Å². The Kier molecular flexibility index (Phi) is 5.27. The van der Waals surface area contributed by atoms with Gasteiger partial charge < -0.3 is 9.47 Å². The molecule has 0 saturated carbocycles. The van der Waals surface area contributed by atoms with Gasteiger partial charge in [-0.3, -0.25) is 0 Å². The van der Waals surface area contributed by atoms with Crippen molar-refractivity contribution in [3.05, 3.63) is 57.9 Å². The van der Waals surface area contributed by atoms with E-state index in [2.05, 4.69) is 11.1 Å². The summed E-state index contributed by atoms with van der Waals surface area (Å²) in [5, 5.41) is 4.55. The molecule has 0 aliphatic carbocycles. The van der Waals surface area contributed by atoms with Crippen LogP contribution in [0.3, 0.4) is 0 Å². The Bertz CT molecular complexity index is 804. The molecule has 0 radical (unpaired) electrons. The third kappa shape index (κ3) is 4.21. The summed E-state index contributed by atoms with van der Waals surface area (Å²) in [6.45, 7) is 4.55. The van der Waals surface area contributed by atoms with E-state index in [-0.39, 0.29) is 6.61 Å². The molecule has 0 aliphatic rings. The van der Waals surface area contributed by atoms with Gasteiger partial charge in [-0.05, 0) is 48.6 Å². The van der Waals surface area contributed by atoms with E-state index in [0.29, 0.717) is 12.3 Å². The van der Waals surface area contributed by atoms with Crippen LogP contribution in [0.2, 0.25) is 0 Å². The van der Waals surface area contributed by atoms with Crippen molar-refractivity contribution >= 4 is 28.6 Å². The Morgan fingerprint density at radius 2 is 1.92 bits per heavy atom. The van der Waals surface area contributed by atoms with Crippen molar-refractivity contribution in [3.63, 3.8) is 0 Å². The fourth-order valence-electron chi connectivity index (χ4n) is 2.26. The second kappa shape index (κ2) is 7.59. The fraction of sp³-hybridized carbons (Fsp3) is 0.222. The number of thiophene rings is 1. The average Bonchev–Trinajstić information content (AvgIpc) is 3.20. The number of hydrogen-bond acceptors (Lipinski definition) is 6. The van der Waals surface area contributed by atoms with Gasteiger partial charge in [-0.25, -0.2) is 9.78 Å². The van der Waals surface area contributed by atoms with Crippen molar-refractivity contribution in [1.29, 1.82) is 0 Å². The summed E-state index contributed by atoms with van der Waals surface area (Å²) in [7, 11) is 0. The third-order valence-corrected chi connectivity index (χ3v) is 5.11.